The zero-order valence-electron chi connectivity index (χ0n) is 14.0. The molecule has 3 aromatic carbocycles. The maximum absolute atomic E-state index is 10.6. The molecule has 2 aromatic heterocycles. The number of aryl methyl sites for hydroxylation is 1. The second-order valence-electron chi connectivity index (χ2n) is 6.20. The highest BCUT2D eigenvalue weighted by atomic mass is 16.3. The Kier molecular flexibility index (Phi) is 3.09. The van der Waals surface area contributed by atoms with Gasteiger partial charge in [0.15, 0.2) is 5.82 Å². The lowest BCUT2D eigenvalue weighted by molar-refractivity contribution is 0.481. The summed E-state index contributed by atoms with van der Waals surface area (Å²) in [5, 5.41) is 11.3. The number of aromatic nitrogens is 4. The third kappa shape index (κ3) is 2.18. The maximum Gasteiger partial charge on any atom is 0.160 e. The van der Waals surface area contributed by atoms with Gasteiger partial charge in [0.2, 0.25) is 0 Å². The van der Waals surface area contributed by atoms with Crippen molar-refractivity contribution in [2.45, 2.75) is 6.92 Å². The molecule has 124 valence electrons. The standard InChI is InChI=1S/C21H14N4O/c1-12-18-19-16(23-14-9-5-6-10-15(14)24-19)11-17(26)20(18)25-21(22-12)13-7-3-2-4-8-13/h2-11,26H,1H3. The largest absolute Gasteiger partial charge is 0.506 e. The lowest BCUT2D eigenvalue weighted by Gasteiger charge is -2.10. The van der Waals surface area contributed by atoms with Gasteiger partial charge in [0.25, 0.3) is 0 Å². The van der Waals surface area contributed by atoms with Gasteiger partial charge in [0, 0.05) is 11.6 Å². The van der Waals surface area contributed by atoms with Crippen molar-refractivity contribution in [3.8, 4) is 17.1 Å². The minimum absolute atomic E-state index is 0.0831. The number of nitrogens with zero attached hydrogens (tertiary/aromatic N) is 4. The van der Waals surface area contributed by atoms with E-state index in [4.69, 9.17) is 4.98 Å². The Morgan fingerprint density at radius 1 is 0.692 bits per heavy atom. The molecule has 0 bridgehead atoms. The second-order valence-corrected chi connectivity index (χ2v) is 6.20. The van der Waals surface area contributed by atoms with E-state index < -0.39 is 0 Å². The van der Waals surface area contributed by atoms with Crippen LogP contribution in [0.2, 0.25) is 0 Å². The molecular formula is C21H14N4O. The molecule has 0 aliphatic carbocycles. The quantitative estimate of drug-likeness (QED) is 0.362. The summed E-state index contributed by atoms with van der Waals surface area (Å²) >= 11 is 0. The Morgan fingerprint density at radius 2 is 1.38 bits per heavy atom. The molecule has 0 aliphatic heterocycles. The first-order valence-electron chi connectivity index (χ1n) is 8.33. The first-order chi connectivity index (χ1) is 12.7. The van der Waals surface area contributed by atoms with E-state index in [2.05, 4.69) is 15.0 Å². The number of aromatic hydroxyl groups is 1. The summed E-state index contributed by atoms with van der Waals surface area (Å²) in [6.07, 6.45) is 0. The fraction of sp³-hybridized carbons (Fsp3) is 0.0476. The average molecular weight is 338 g/mol. The van der Waals surface area contributed by atoms with Gasteiger partial charge < -0.3 is 5.11 Å². The van der Waals surface area contributed by atoms with Gasteiger partial charge in [0.05, 0.1) is 27.6 Å². The Hall–Kier alpha value is -3.60. The summed E-state index contributed by atoms with van der Waals surface area (Å²) in [5.74, 6) is 0.666. The predicted octanol–water partition coefficient (Wildman–Crippen LogP) is 4.41. The van der Waals surface area contributed by atoms with E-state index in [1.807, 2.05) is 61.5 Å². The van der Waals surface area contributed by atoms with E-state index in [1.54, 1.807) is 6.07 Å². The molecule has 1 N–H and O–H groups in total. The van der Waals surface area contributed by atoms with Crippen molar-refractivity contribution < 1.29 is 5.11 Å². The van der Waals surface area contributed by atoms with Gasteiger partial charge in [0.1, 0.15) is 16.8 Å². The molecule has 0 atom stereocenters. The highest BCUT2D eigenvalue weighted by molar-refractivity contribution is 6.08. The van der Waals surface area contributed by atoms with Crippen molar-refractivity contribution in [2.24, 2.45) is 0 Å². The van der Waals surface area contributed by atoms with E-state index in [9.17, 15) is 5.11 Å². The van der Waals surface area contributed by atoms with Crippen molar-refractivity contribution in [3.05, 3.63) is 66.4 Å². The Balaban J connectivity index is 1.90. The van der Waals surface area contributed by atoms with E-state index in [0.29, 0.717) is 22.4 Å². The van der Waals surface area contributed by atoms with Crippen molar-refractivity contribution in [1.29, 1.82) is 0 Å². The van der Waals surface area contributed by atoms with E-state index >= 15 is 0 Å². The van der Waals surface area contributed by atoms with Gasteiger partial charge in [-0.1, -0.05) is 42.5 Å². The SMILES string of the molecule is Cc1nc(-c2ccccc2)nc2c(O)cc3nc4ccccc4nc3c12. The van der Waals surface area contributed by atoms with Crippen LogP contribution in [0.25, 0.3) is 44.4 Å². The molecule has 0 saturated carbocycles. The monoisotopic (exact) mass is 338 g/mol. The Morgan fingerprint density at radius 3 is 2.15 bits per heavy atom. The number of fused-ring (bicyclic) bond motifs is 4. The average Bonchev–Trinajstić information content (AvgIpc) is 2.67. The van der Waals surface area contributed by atoms with Gasteiger partial charge in [-0.15, -0.1) is 0 Å². The maximum atomic E-state index is 10.6. The molecule has 0 amide bonds. The van der Waals surface area contributed by atoms with Crippen molar-refractivity contribution in [3.63, 3.8) is 0 Å². The molecule has 5 aromatic rings. The minimum Gasteiger partial charge on any atom is -0.506 e. The summed E-state index contributed by atoms with van der Waals surface area (Å²) in [6, 6.07) is 19.0. The molecule has 0 radical (unpaired) electrons. The van der Waals surface area contributed by atoms with Gasteiger partial charge in [-0.25, -0.2) is 19.9 Å². The molecule has 0 saturated heterocycles. The van der Waals surface area contributed by atoms with Crippen LogP contribution in [0.4, 0.5) is 0 Å². The van der Waals surface area contributed by atoms with Crippen LogP contribution >= 0.6 is 0 Å². The van der Waals surface area contributed by atoms with Crippen LogP contribution in [0.5, 0.6) is 5.75 Å². The number of hydrogen-bond donors (Lipinski definition) is 1. The van der Waals surface area contributed by atoms with E-state index in [1.165, 1.54) is 0 Å². The van der Waals surface area contributed by atoms with Crippen LogP contribution < -0.4 is 0 Å². The zero-order chi connectivity index (χ0) is 17.7. The minimum atomic E-state index is 0.0831. The topological polar surface area (TPSA) is 71.8 Å². The third-order valence-corrected chi connectivity index (χ3v) is 4.47. The molecule has 26 heavy (non-hydrogen) atoms. The number of hydrogen-bond acceptors (Lipinski definition) is 5. The highest BCUT2D eigenvalue weighted by Gasteiger charge is 2.16. The van der Waals surface area contributed by atoms with Crippen molar-refractivity contribution >= 4 is 33.0 Å². The highest BCUT2D eigenvalue weighted by Crippen LogP contribution is 2.33. The summed E-state index contributed by atoms with van der Waals surface area (Å²) in [5.41, 5.74) is 5.09. The lowest BCUT2D eigenvalue weighted by atomic mass is 10.1. The molecule has 5 heteroatoms. The van der Waals surface area contributed by atoms with Crippen LogP contribution in [0.1, 0.15) is 5.69 Å². The van der Waals surface area contributed by atoms with E-state index in [-0.39, 0.29) is 5.75 Å². The molecule has 0 fully saturated rings. The summed E-state index contributed by atoms with van der Waals surface area (Å²) < 4.78 is 0. The second kappa shape index (κ2) is 5.46. The summed E-state index contributed by atoms with van der Waals surface area (Å²) in [4.78, 5) is 18.6. The number of phenolic OH excluding ortho intramolecular Hbond substituents is 1. The fourth-order valence-electron chi connectivity index (χ4n) is 3.25. The molecular weight excluding hydrogens is 324 g/mol. The fourth-order valence-corrected chi connectivity index (χ4v) is 3.25. The molecule has 0 spiro atoms. The number of rotatable bonds is 1. The predicted molar refractivity (Wildman–Crippen MR) is 102 cm³/mol. The number of benzene rings is 3. The smallest absolute Gasteiger partial charge is 0.160 e. The first kappa shape index (κ1) is 14.7. The zero-order valence-corrected chi connectivity index (χ0v) is 14.0. The van der Waals surface area contributed by atoms with E-state index in [0.717, 1.165) is 27.7 Å². The van der Waals surface area contributed by atoms with Crippen LogP contribution in [0.15, 0.2) is 60.7 Å². The molecule has 0 aliphatic rings. The summed E-state index contributed by atoms with van der Waals surface area (Å²) in [7, 11) is 0. The number of phenols is 1. The van der Waals surface area contributed by atoms with Crippen LogP contribution in [0.3, 0.4) is 0 Å². The molecule has 5 rings (SSSR count). The van der Waals surface area contributed by atoms with Gasteiger partial charge in [-0.3, -0.25) is 0 Å². The van der Waals surface area contributed by atoms with Gasteiger partial charge in [-0.05, 0) is 19.1 Å². The lowest BCUT2D eigenvalue weighted by Crippen LogP contribution is -1.97. The molecule has 2 heterocycles. The summed E-state index contributed by atoms with van der Waals surface area (Å²) in [6.45, 7) is 1.91. The van der Waals surface area contributed by atoms with Gasteiger partial charge in [-0.2, -0.15) is 0 Å². The van der Waals surface area contributed by atoms with Gasteiger partial charge >= 0.3 is 0 Å². The van der Waals surface area contributed by atoms with Crippen LogP contribution in [-0.4, -0.2) is 25.0 Å². The van der Waals surface area contributed by atoms with Crippen LogP contribution in [-0.2, 0) is 0 Å². The third-order valence-electron chi connectivity index (χ3n) is 4.47. The normalized spacial score (nSPS) is 11.4. The molecule has 5 nitrogen and oxygen atoms in total. The first-order valence-corrected chi connectivity index (χ1v) is 8.33. The Bertz CT molecular complexity index is 1300. The number of para-hydroxylation sites is 2. The van der Waals surface area contributed by atoms with Crippen molar-refractivity contribution in [1.82, 2.24) is 19.9 Å². The van der Waals surface area contributed by atoms with Crippen LogP contribution in [0, 0.1) is 6.92 Å². The molecule has 0 unspecified atom stereocenters. The Labute approximate surface area is 149 Å². The van der Waals surface area contributed by atoms with Crippen molar-refractivity contribution in [2.75, 3.05) is 0 Å².